The van der Waals surface area contributed by atoms with E-state index in [1.165, 1.54) is 7.11 Å². The molecule has 2 saturated heterocycles. The first-order valence-corrected chi connectivity index (χ1v) is 19.6. The second kappa shape index (κ2) is 15.8. The first-order valence-electron chi connectivity index (χ1n) is 18.8. The largest absolute Gasteiger partial charge is 0.453 e. The summed E-state index contributed by atoms with van der Waals surface area (Å²) in [6.45, 7) is 8.01. The number of methoxy groups -OCH3 is 1. The molecule has 0 saturated carbocycles. The summed E-state index contributed by atoms with van der Waals surface area (Å²) in [5, 5.41) is 15.5. The number of hydrogen-bond acceptors (Lipinski definition) is 10. The fourth-order valence-electron chi connectivity index (χ4n) is 7.62. The Labute approximate surface area is 322 Å². The Morgan fingerprint density at radius 3 is 2.05 bits per heavy atom. The third kappa shape index (κ3) is 7.65. The van der Waals surface area contributed by atoms with Crippen molar-refractivity contribution in [2.45, 2.75) is 77.5 Å². The number of H-pyrrole nitrogens is 2. The molecule has 7 rings (SSSR count). The topological polar surface area (TPSA) is 199 Å². The van der Waals surface area contributed by atoms with E-state index in [9.17, 15) is 24.3 Å². The number of ether oxygens (including phenoxy) is 1. The van der Waals surface area contributed by atoms with Gasteiger partial charge in [0.25, 0.3) is 0 Å². The number of nitrogens with zero attached hydrogens (tertiary/aromatic N) is 5. The van der Waals surface area contributed by atoms with Gasteiger partial charge in [0.15, 0.2) is 0 Å². The van der Waals surface area contributed by atoms with E-state index in [2.05, 4.69) is 20.6 Å². The lowest BCUT2D eigenvalue weighted by Gasteiger charge is -2.30. The van der Waals surface area contributed by atoms with E-state index in [0.29, 0.717) is 24.7 Å². The van der Waals surface area contributed by atoms with Crippen LogP contribution in [0.5, 0.6) is 0 Å². The van der Waals surface area contributed by atoms with E-state index in [-0.39, 0.29) is 35.7 Å². The number of aromatic amines is 2. The molecule has 0 radical (unpaired) electrons. The number of aliphatic hydroxyl groups is 1. The van der Waals surface area contributed by atoms with Gasteiger partial charge in [-0.2, -0.15) is 0 Å². The van der Waals surface area contributed by atoms with E-state index < -0.39 is 30.7 Å². The SMILES string of the molecule is COC(=O)NC(C(=O)N1CCCC1c1nc2cc(-c3cnc(-c4ccc5nc(C6CCCN6C(=O)C(NC(=O)CO)C(C)C)[nH]c5c4)s3)ccc2[nH]1)C(C)C. The predicted octanol–water partition coefficient (Wildman–Crippen LogP) is 5.07. The number of imidazole rings is 2. The zero-order valence-electron chi connectivity index (χ0n) is 31.6. The number of benzene rings is 2. The Balaban J connectivity index is 1.08. The van der Waals surface area contributed by atoms with Gasteiger partial charge in [-0.25, -0.2) is 19.7 Å². The average molecular weight is 770 g/mol. The maximum absolute atomic E-state index is 13.6. The van der Waals surface area contributed by atoms with E-state index >= 15 is 0 Å². The summed E-state index contributed by atoms with van der Waals surface area (Å²) in [4.78, 5) is 77.2. The van der Waals surface area contributed by atoms with Gasteiger partial charge in [0.1, 0.15) is 35.3 Å². The van der Waals surface area contributed by atoms with Crippen LogP contribution in [0.15, 0.2) is 42.6 Å². The number of rotatable bonds is 11. The fourth-order valence-corrected chi connectivity index (χ4v) is 8.53. The van der Waals surface area contributed by atoms with Gasteiger partial charge in [0.05, 0.1) is 46.1 Å². The lowest BCUT2D eigenvalue weighted by molar-refractivity contribution is -0.139. The first kappa shape index (κ1) is 37.9. The molecule has 0 spiro atoms. The molecule has 4 amide bonds. The second-order valence-electron chi connectivity index (χ2n) is 14.9. The minimum Gasteiger partial charge on any atom is -0.453 e. The molecule has 5 N–H and O–H groups in total. The highest BCUT2D eigenvalue weighted by Crippen LogP contribution is 2.37. The molecule has 4 unspecified atom stereocenters. The molecular formula is C39H47N9O6S. The summed E-state index contributed by atoms with van der Waals surface area (Å²) in [6.07, 6.45) is 4.39. The van der Waals surface area contributed by atoms with Crippen LogP contribution in [-0.4, -0.2) is 103 Å². The highest BCUT2D eigenvalue weighted by molar-refractivity contribution is 7.18. The molecule has 5 aromatic rings. The number of carbonyl (C=O) groups is 4. The van der Waals surface area contributed by atoms with Gasteiger partial charge in [0.2, 0.25) is 17.7 Å². The number of nitrogens with one attached hydrogen (secondary N) is 4. The van der Waals surface area contributed by atoms with Gasteiger partial charge in [-0.05, 0) is 73.4 Å². The minimum atomic E-state index is -0.736. The van der Waals surface area contributed by atoms with Crippen LogP contribution in [-0.2, 0) is 19.1 Å². The van der Waals surface area contributed by atoms with Crippen molar-refractivity contribution in [2.24, 2.45) is 11.8 Å². The molecule has 5 heterocycles. The lowest BCUT2D eigenvalue weighted by Crippen LogP contribution is -2.51. The van der Waals surface area contributed by atoms with Crippen molar-refractivity contribution < 1.29 is 29.0 Å². The number of alkyl carbamates (subject to hydrolysis) is 1. The van der Waals surface area contributed by atoms with Crippen LogP contribution in [0, 0.1) is 11.8 Å². The number of aromatic nitrogens is 5. The monoisotopic (exact) mass is 769 g/mol. The van der Waals surface area contributed by atoms with Crippen molar-refractivity contribution in [3.63, 3.8) is 0 Å². The lowest BCUT2D eigenvalue weighted by atomic mass is 10.0. The summed E-state index contributed by atoms with van der Waals surface area (Å²) < 4.78 is 4.76. The molecular weight excluding hydrogens is 723 g/mol. The van der Waals surface area contributed by atoms with Crippen LogP contribution in [0.25, 0.3) is 43.1 Å². The Hall–Kier alpha value is -5.35. The van der Waals surface area contributed by atoms with Crippen LogP contribution in [0.1, 0.15) is 77.1 Å². The number of likely N-dealkylation sites (tertiary alicyclic amines) is 2. The Kier molecular flexibility index (Phi) is 10.9. The Morgan fingerprint density at radius 1 is 0.836 bits per heavy atom. The quantitative estimate of drug-likeness (QED) is 0.122. The molecule has 2 aliphatic rings. The summed E-state index contributed by atoms with van der Waals surface area (Å²) in [5.74, 6) is 0.245. The van der Waals surface area contributed by atoms with Crippen LogP contribution in [0.3, 0.4) is 0 Å². The van der Waals surface area contributed by atoms with Gasteiger partial charge < -0.3 is 40.2 Å². The number of amides is 4. The standard InChI is InChI=1S/C39H47N9O6S/c1-20(2)32(45-31(50)19-49)37(51)47-14-6-8-28(47)35-42-25-13-11-23(17-27(25)44-35)36-40-18-30(55-36)22-10-12-24-26(16-22)43-34(41-24)29-9-7-15-48(29)38(52)33(21(3)4)46-39(53)54-5/h10-13,16-18,20-21,28-29,32-33,49H,6-9,14-15,19H2,1-5H3,(H,41,43)(H,42,44)(H,45,50)(H,46,53). The average Bonchev–Trinajstić information content (AvgIpc) is 4.02. The number of aliphatic hydroxyl groups excluding tert-OH is 1. The zero-order valence-corrected chi connectivity index (χ0v) is 32.4. The fraction of sp³-hybridized carbons (Fsp3) is 0.462. The zero-order chi connectivity index (χ0) is 39.0. The summed E-state index contributed by atoms with van der Waals surface area (Å²) in [7, 11) is 1.29. The number of fused-ring (bicyclic) bond motifs is 2. The molecule has 2 aromatic carbocycles. The van der Waals surface area contributed by atoms with E-state index in [0.717, 1.165) is 68.8 Å². The van der Waals surface area contributed by atoms with Crippen molar-refractivity contribution in [3.05, 3.63) is 54.2 Å². The van der Waals surface area contributed by atoms with Crippen molar-refractivity contribution in [1.82, 2.24) is 45.4 Å². The maximum Gasteiger partial charge on any atom is 0.407 e. The summed E-state index contributed by atoms with van der Waals surface area (Å²) >= 11 is 1.57. The second-order valence-corrected chi connectivity index (χ2v) is 16.0. The van der Waals surface area contributed by atoms with Gasteiger partial charge in [-0.15, -0.1) is 11.3 Å². The molecule has 2 fully saturated rings. The first-order chi connectivity index (χ1) is 26.4. The molecule has 55 heavy (non-hydrogen) atoms. The molecule has 0 aliphatic carbocycles. The van der Waals surface area contributed by atoms with E-state index in [4.69, 9.17) is 19.7 Å². The normalized spacial score (nSPS) is 18.4. The molecule has 4 atom stereocenters. The van der Waals surface area contributed by atoms with Gasteiger partial charge in [0, 0.05) is 24.8 Å². The van der Waals surface area contributed by atoms with Crippen LogP contribution < -0.4 is 10.6 Å². The van der Waals surface area contributed by atoms with Gasteiger partial charge >= 0.3 is 6.09 Å². The number of carbonyl (C=O) groups excluding carboxylic acids is 4. The molecule has 15 nitrogen and oxygen atoms in total. The molecule has 290 valence electrons. The highest BCUT2D eigenvalue weighted by atomic mass is 32.1. The van der Waals surface area contributed by atoms with Gasteiger partial charge in [-0.1, -0.05) is 33.8 Å². The molecule has 16 heteroatoms. The van der Waals surface area contributed by atoms with Crippen LogP contribution >= 0.6 is 11.3 Å². The van der Waals surface area contributed by atoms with E-state index in [1.54, 1.807) is 21.1 Å². The van der Waals surface area contributed by atoms with Crippen molar-refractivity contribution in [3.8, 4) is 21.0 Å². The smallest absolute Gasteiger partial charge is 0.407 e. The Morgan fingerprint density at radius 2 is 1.44 bits per heavy atom. The van der Waals surface area contributed by atoms with Crippen LogP contribution in [0.2, 0.25) is 0 Å². The Bertz CT molecular complexity index is 2070. The van der Waals surface area contributed by atoms with E-state index in [1.807, 2.05) is 70.3 Å². The van der Waals surface area contributed by atoms with Crippen molar-refractivity contribution in [1.29, 1.82) is 0 Å². The summed E-state index contributed by atoms with van der Waals surface area (Å²) in [5.41, 5.74) is 5.18. The highest BCUT2D eigenvalue weighted by Gasteiger charge is 2.39. The molecule has 2 aliphatic heterocycles. The van der Waals surface area contributed by atoms with Crippen LogP contribution in [0.4, 0.5) is 4.79 Å². The predicted molar refractivity (Wildman–Crippen MR) is 208 cm³/mol. The number of hydrogen-bond donors (Lipinski definition) is 5. The number of thiazole rings is 1. The van der Waals surface area contributed by atoms with Gasteiger partial charge in [-0.3, -0.25) is 14.4 Å². The van der Waals surface area contributed by atoms with Crippen molar-refractivity contribution in [2.75, 3.05) is 26.8 Å². The third-order valence-corrected chi connectivity index (χ3v) is 11.6. The third-order valence-electron chi connectivity index (χ3n) is 10.5. The molecule has 0 bridgehead atoms. The maximum atomic E-state index is 13.6. The minimum absolute atomic E-state index is 0.117. The molecule has 3 aromatic heterocycles. The summed E-state index contributed by atoms with van der Waals surface area (Å²) in [6, 6.07) is 10.1. The van der Waals surface area contributed by atoms with Crippen molar-refractivity contribution >= 4 is 57.2 Å².